The topological polar surface area (TPSA) is 66.8 Å². The van der Waals surface area contributed by atoms with Crippen LogP contribution in [-0.4, -0.2) is 22.0 Å². The first kappa shape index (κ1) is 9.98. The highest BCUT2D eigenvalue weighted by atomic mass is 16.6. The van der Waals surface area contributed by atoms with E-state index < -0.39 is 11.8 Å². The van der Waals surface area contributed by atoms with E-state index in [0.29, 0.717) is 18.6 Å². The van der Waals surface area contributed by atoms with Gasteiger partial charge in [0.05, 0.1) is 0 Å². The molecule has 0 aromatic heterocycles. The van der Waals surface area contributed by atoms with Crippen molar-refractivity contribution in [3.05, 3.63) is 29.8 Å². The van der Waals surface area contributed by atoms with Crippen LogP contribution in [0.4, 0.5) is 0 Å². The van der Waals surface area contributed by atoms with Crippen LogP contribution in [-0.2, 0) is 11.2 Å². The number of aliphatic carboxylic acids is 1. The van der Waals surface area contributed by atoms with Gasteiger partial charge in [0.1, 0.15) is 12.2 Å². The van der Waals surface area contributed by atoms with Crippen LogP contribution in [0.3, 0.4) is 0 Å². The average molecular weight is 208 g/mol. The number of benzene rings is 1. The molecule has 0 spiro atoms. The summed E-state index contributed by atoms with van der Waals surface area (Å²) >= 11 is 0. The van der Waals surface area contributed by atoms with Gasteiger partial charge >= 0.3 is 5.97 Å². The first-order chi connectivity index (χ1) is 7.09. The Kier molecular flexibility index (Phi) is 2.36. The van der Waals surface area contributed by atoms with Crippen LogP contribution < -0.4 is 4.74 Å². The molecule has 0 bridgehead atoms. The first-order valence-electron chi connectivity index (χ1n) is 4.80. The Balaban J connectivity index is 2.21. The smallest absolute Gasteiger partial charge is 0.310 e. The lowest BCUT2D eigenvalue weighted by molar-refractivity contribution is -0.174. The van der Waals surface area contributed by atoms with E-state index in [2.05, 4.69) is 0 Å². The maximum atomic E-state index is 10.5. The van der Waals surface area contributed by atoms with Gasteiger partial charge in [-0.25, -0.2) is 0 Å². The van der Waals surface area contributed by atoms with Crippen LogP contribution in [0.1, 0.15) is 18.4 Å². The Bertz CT molecular complexity index is 388. The minimum atomic E-state index is -1.56. The fourth-order valence-electron chi connectivity index (χ4n) is 1.76. The lowest BCUT2D eigenvalue weighted by Gasteiger charge is -2.32. The van der Waals surface area contributed by atoms with E-state index in [-0.39, 0.29) is 6.42 Å². The molecule has 0 radical (unpaired) electrons. The molecule has 1 unspecified atom stereocenters. The van der Waals surface area contributed by atoms with Gasteiger partial charge in [-0.3, -0.25) is 4.79 Å². The molecule has 2 N–H and O–H groups in total. The SMILES string of the molecule is O=C(O)CC1(O)CCc2ccccc2O1. The van der Waals surface area contributed by atoms with Gasteiger partial charge < -0.3 is 14.9 Å². The van der Waals surface area contributed by atoms with Crippen molar-refractivity contribution in [3.63, 3.8) is 0 Å². The van der Waals surface area contributed by atoms with Crippen LogP contribution in [0.15, 0.2) is 24.3 Å². The molecule has 1 aliphatic rings. The number of carboxylic acids is 1. The number of aliphatic hydroxyl groups is 1. The van der Waals surface area contributed by atoms with Crippen molar-refractivity contribution in [2.24, 2.45) is 0 Å². The van der Waals surface area contributed by atoms with Gasteiger partial charge in [0.25, 0.3) is 0 Å². The van der Waals surface area contributed by atoms with Gasteiger partial charge in [0, 0.05) is 6.42 Å². The second-order valence-electron chi connectivity index (χ2n) is 3.73. The van der Waals surface area contributed by atoms with Gasteiger partial charge in [0.2, 0.25) is 5.79 Å². The Morgan fingerprint density at radius 3 is 2.93 bits per heavy atom. The van der Waals surface area contributed by atoms with Crippen LogP contribution in [0, 0.1) is 0 Å². The van der Waals surface area contributed by atoms with E-state index in [4.69, 9.17) is 9.84 Å². The number of para-hydroxylation sites is 1. The van der Waals surface area contributed by atoms with Gasteiger partial charge in [-0.1, -0.05) is 18.2 Å². The Hall–Kier alpha value is -1.55. The summed E-state index contributed by atoms with van der Waals surface area (Å²) in [6, 6.07) is 7.34. The number of hydrogen-bond acceptors (Lipinski definition) is 3. The van der Waals surface area contributed by atoms with E-state index in [1.807, 2.05) is 12.1 Å². The van der Waals surface area contributed by atoms with Crippen molar-refractivity contribution in [1.29, 1.82) is 0 Å². The van der Waals surface area contributed by atoms with Crippen LogP contribution in [0.2, 0.25) is 0 Å². The molecule has 1 atom stereocenters. The van der Waals surface area contributed by atoms with Crippen molar-refractivity contribution < 1.29 is 19.7 Å². The van der Waals surface area contributed by atoms with E-state index in [9.17, 15) is 9.90 Å². The lowest BCUT2D eigenvalue weighted by Crippen LogP contribution is -2.41. The highest BCUT2D eigenvalue weighted by molar-refractivity contribution is 5.68. The third-order valence-electron chi connectivity index (χ3n) is 2.48. The predicted molar refractivity (Wildman–Crippen MR) is 52.6 cm³/mol. The fourth-order valence-corrected chi connectivity index (χ4v) is 1.76. The molecule has 4 heteroatoms. The zero-order valence-electron chi connectivity index (χ0n) is 8.14. The van der Waals surface area contributed by atoms with Crippen molar-refractivity contribution in [1.82, 2.24) is 0 Å². The molecular weight excluding hydrogens is 196 g/mol. The fraction of sp³-hybridized carbons (Fsp3) is 0.364. The van der Waals surface area contributed by atoms with Crippen LogP contribution in [0.5, 0.6) is 5.75 Å². The van der Waals surface area contributed by atoms with E-state index in [0.717, 1.165) is 5.56 Å². The molecule has 0 aliphatic carbocycles. The number of aryl methyl sites for hydroxylation is 1. The summed E-state index contributed by atoms with van der Waals surface area (Å²) in [7, 11) is 0. The monoisotopic (exact) mass is 208 g/mol. The van der Waals surface area contributed by atoms with E-state index in [1.165, 1.54) is 0 Å². The number of hydrogen-bond donors (Lipinski definition) is 2. The highest BCUT2D eigenvalue weighted by Crippen LogP contribution is 2.33. The summed E-state index contributed by atoms with van der Waals surface area (Å²) in [5, 5.41) is 18.5. The molecule has 2 rings (SSSR count). The summed E-state index contributed by atoms with van der Waals surface area (Å²) in [6.45, 7) is 0. The molecule has 0 fully saturated rings. The van der Waals surface area contributed by atoms with Crippen LogP contribution in [0.25, 0.3) is 0 Å². The Morgan fingerprint density at radius 2 is 2.20 bits per heavy atom. The number of rotatable bonds is 2. The molecule has 1 aromatic carbocycles. The summed E-state index contributed by atoms with van der Waals surface area (Å²) in [5.74, 6) is -2.04. The third kappa shape index (κ3) is 2.10. The van der Waals surface area contributed by atoms with Crippen molar-refractivity contribution in [3.8, 4) is 5.75 Å². The van der Waals surface area contributed by atoms with Gasteiger partial charge in [-0.2, -0.15) is 0 Å². The Morgan fingerprint density at radius 1 is 1.47 bits per heavy atom. The third-order valence-corrected chi connectivity index (χ3v) is 2.48. The molecule has 0 saturated heterocycles. The van der Waals surface area contributed by atoms with E-state index >= 15 is 0 Å². The van der Waals surface area contributed by atoms with Gasteiger partial charge in [-0.15, -0.1) is 0 Å². The number of ether oxygens (including phenoxy) is 1. The molecule has 1 aliphatic heterocycles. The highest BCUT2D eigenvalue weighted by Gasteiger charge is 2.36. The van der Waals surface area contributed by atoms with E-state index in [1.54, 1.807) is 12.1 Å². The first-order valence-corrected chi connectivity index (χ1v) is 4.80. The molecule has 0 amide bonds. The molecular formula is C11H12O4. The second-order valence-corrected chi connectivity index (χ2v) is 3.73. The molecule has 1 heterocycles. The predicted octanol–water partition coefficient (Wildman–Crippen LogP) is 1.17. The number of fused-ring (bicyclic) bond motifs is 1. The second kappa shape index (κ2) is 3.55. The minimum Gasteiger partial charge on any atom is -0.481 e. The lowest BCUT2D eigenvalue weighted by atomic mass is 9.98. The zero-order valence-corrected chi connectivity index (χ0v) is 8.14. The average Bonchev–Trinajstić information content (AvgIpc) is 2.15. The van der Waals surface area contributed by atoms with Crippen LogP contribution >= 0.6 is 0 Å². The van der Waals surface area contributed by atoms with Gasteiger partial charge in [-0.05, 0) is 18.1 Å². The molecule has 1 aromatic rings. The van der Waals surface area contributed by atoms with Crippen molar-refractivity contribution in [2.45, 2.75) is 25.0 Å². The number of carbonyl (C=O) groups is 1. The minimum absolute atomic E-state index is 0.316. The molecule has 4 nitrogen and oxygen atoms in total. The Labute approximate surface area is 87.1 Å². The number of carboxylic acid groups (broad SMARTS) is 1. The maximum Gasteiger partial charge on any atom is 0.310 e. The largest absolute Gasteiger partial charge is 0.481 e. The summed E-state index contributed by atoms with van der Waals surface area (Å²) in [4.78, 5) is 10.5. The quantitative estimate of drug-likeness (QED) is 0.765. The normalized spacial score (nSPS) is 24.1. The summed E-state index contributed by atoms with van der Waals surface area (Å²) in [6.07, 6.45) is 0.567. The summed E-state index contributed by atoms with van der Waals surface area (Å²) in [5.41, 5.74) is 1.01. The molecule has 15 heavy (non-hydrogen) atoms. The standard InChI is InChI=1S/C11H12O4/c12-10(13)7-11(14)6-5-8-3-1-2-4-9(8)15-11/h1-4,14H,5-7H2,(H,12,13). The maximum absolute atomic E-state index is 10.5. The summed E-state index contributed by atoms with van der Waals surface area (Å²) < 4.78 is 5.30. The zero-order chi connectivity index (χ0) is 10.9. The van der Waals surface area contributed by atoms with Gasteiger partial charge in [0.15, 0.2) is 0 Å². The van der Waals surface area contributed by atoms with Crippen molar-refractivity contribution in [2.75, 3.05) is 0 Å². The molecule has 0 saturated carbocycles. The molecule has 80 valence electrons. The van der Waals surface area contributed by atoms with Crippen molar-refractivity contribution >= 4 is 5.97 Å².